The van der Waals surface area contributed by atoms with E-state index in [1.54, 1.807) is 0 Å². The Kier molecular flexibility index (Phi) is 3.12. The lowest BCUT2D eigenvalue weighted by Gasteiger charge is -2.20. The Hall–Kier alpha value is -1.52. The maximum atomic E-state index is 11.6. The molecule has 0 aromatic heterocycles. The second-order valence-corrected chi connectivity index (χ2v) is 3.82. The van der Waals surface area contributed by atoms with E-state index < -0.39 is 11.8 Å². The SMILES string of the molecule is O=CC(=O)C1c2ccccc2CN1CCO. The van der Waals surface area contributed by atoms with E-state index in [9.17, 15) is 9.59 Å². The van der Waals surface area contributed by atoms with Gasteiger partial charge in [-0.3, -0.25) is 14.5 Å². The summed E-state index contributed by atoms with van der Waals surface area (Å²) in [6, 6.07) is 7.05. The summed E-state index contributed by atoms with van der Waals surface area (Å²) in [4.78, 5) is 24.0. The number of Topliss-reactive ketones (excluding diaryl/α,β-unsaturated/α-hetero) is 1. The van der Waals surface area contributed by atoms with Crippen molar-refractivity contribution in [1.82, 2.24) is 4.90 Å². The first-order valence-corrected chi connectivity index (χ1v) is 5.19. The zero-order chi connectivity index (χ0) is 11.5. The van der Waals surface area contributed by atoms with Crippen LogP contribution in [0.5, 0.6) is 0 Å². The third-order valence-electron chi connectivity index (χ3n) is 2.86. The minimum atomic E-state index is -0.513. The summed E-state index contributed by atoms with van der Waals surface area (Å²) in [6.45, 7) is 0.997. The number of aldehydes is 1. The number of hydrogen-bond donors (Lipinski definition) is 1. The zero-order valence-electron chi connectivity index (χ0n) is 8.80. The molecule has 0 saturated carbocycles. The van der Waals surface area contributed by atoms with Crippen LogP contribution >= 0.6 is 0 Å². The molecule has 0 radical (unpaired) electrons. The number of ketones is 1. The van der Waals surface area contributed by atoms with Gasteiger partial charge < -0.3 is 5.11 Å². The Morgan fingerprint density at radius 3 is 2.94 bits per heavy atom. The molecule has 0 amide bonds. The lowest BCUT2D eigenvalue weighted by atomic mass is 10.0. The minimum absolute atomic E-state index is 0.0172. The van der Waals surface area contributed by atoms with Crippen molar-refractivity contribution in [3.05, 3.63) is 35.4 Å². The molecule has 4 nitrogen and oxygen atoms in total. The molecule has 0 saturated heterocycles. The van der Waals surface area contributed by atoms with Crippen LogP contribution in [0.4, 0.5) is 0 Å². The van der Waals surface area contributed by atoms with Crippen LogP contribution in [0.3, 0.4) is 0 Å². The van der Waals surface area contributed by atoms with Crippen molar-refractivity contribution in [1.29, 1.82) is 0 Å². The van der Waals surface area contributed by atoms with Gasteiger partial charge in [0, 0.05) is 13.1 Å². The van der Waals surface area contributed by atoms with E-state index in [0.29, 0.717) is 19.4 Å². The second kappa shape index (κ2) is 4.55. The van der Waals surface area contributed by atoms with Gasteiger partial charge in [-0.15, -0.1) is 0 Å². The van der Waals surface area contributed by atoms with E-state index in [4.69, 9.17) is 5.11 Å². The van der Waals surface area contributed by atoms with Gasteiger partial charge in [0.15, 0.2) is 6.29 Å². The van der Waals surface area contributed by atoms with Crippen molar-refractivity contribution in [3.8, 4) is 0 Å². The summed E-state index contributed by atoms with van der Waals surface area (Å²) in [5.41, 5.74) is 1.93. The molecule has 1 aromatic rings. The van der Waals surface area contributed by atoms with Gasteiger partial charge in [0.1, 0.15) is 6.04 Å². The van der Waals surface area contributed by atoms with Crippen LogP contribution in [-0.2, 0) is 16.1 Å². The Bertz CT molecular complexity index is 416. The summed E-state index contributed by atoms with van der Waals surface area (Å²) in [6.07, 6.45) is 0.358. The fourth-order valence-electron chi connectivity index (χ4n) is 2.19. The van der Waals surface area contributed by atoms with Gasteiger partial charge in [0.2, 0.25) is 5.78 Å². The quantitative estimate of drug-likeness (QED) is 0.584. The van der Waals surface area contributed by atoms with Crippen LogP contribution in [0.15, 0.2) is 24.3 Å². The summed E-state index contributed by atoms with van der Waals surface area (Å²) >= 11 is 0. The number of fused-ring (bicyclic) bond motifs is 1. The molecule has 0 bridgehead atoms. The molecule has 1 aliphatic heterocycles. The number of carbonyl (C=O) groups excluding carboxylic acids is 2. The molecular weight excluding hydrogens is 206 g/mol. The molecule has 1 aromatic carbocycles. The van der Waals surface area contributed by atoms with Gasteiger partial charge in [-0.1, -0.05) is 24.3 Å². The van der Waals surface area contributed by atoms with E-state index in [1.165, 1.54) is 0 Å². The predicted octanol–water partition coefficient (Wildman–Crippen LogP) is 0.304. The molecule has 2 rings (SSSR count). The molecule has 16 heavy (non-hydrogen) atoms. The van der Waals surface area contributed by atoms with E-state index in [2.05, 4.69) is 0 Å². The van der Waals surface area contributed by atoms with Crippen molar-refractivity contribution in [2.45, 2.75) is 12.6 Å². The molecule has 0 aliphatic carbocycles. The van der Waals surface area contributed by atoms with Gasteiger partial charge in [-0.2, -0.15) is 0 Å². The molecule has 0 spiro atoms. The Labute approximate surface area is 93.5 Å². The highest BCUT2D eigenvalue weighted by Gasteiger charge is 2.34. The fourth-order valence-corrected chi connectivity index (χ4v) is 2.19. The molecule has 4 heteroatoms. The molecule has 1 aliphatic rings. The number of carbonyl (C=O) groups is 2. The van der Waals surface area contributed by atoms with Crippen molar-refractivity contribution < 1.29 is 14.7 Å². The molecule has 1 unspecified atom stereocenters. The zero-order valence-corrected chi connectivity index (χ0v) is 8.80. The Morgan fingerprint density at radius 1 is 1.50 bits per heavy atom. The number of nitrogens with zero attached hydrogens (tertiary/aromatic N) is 1. The summed E-state index contributed by atoms with van der Waals surface area (Å²) in [5, 5.41) is 8.94. The van der Waals surface area contributed by atoms with Crippen LogP contribution in [0.1, 0.15) is 17.2 Å². The molecule has 1 N–H and O–H groups in total. The first kappa shape index (κ1) is 11.0. The smallest absolute Gasteiger partial charge is 0.216 e. The summed E-state index contributed by atoms with van der Waals surface area (Å²) in [7, 11) is 0. The van der Waals surface area contributed by atoms with Crippen LogP contribution in [0, 0.1) is 0 Å². The van der Waals surface area contributed by atoms with Gasteiger partial charge in [0.25, 0.3) is 0 Å². The molecule has 84 valence electrons. The highest BCUT2D eigenvalue weighted by molar-refractivity contribution is 6.27. The van der Waals surface area contributed by atoms with Crippen molar-refractivity contribution in [3.63, 3.8) is 0 Å². The first-order valence-electron chi connectivity index (χ1n) is 5.19. The Morgan fingerprint density at radius 2 is 2.25 bits per heavy atom. The third kappa shape index (κ3) is 1.77. The average molecular weight is 219 g/mol. The normalized spacial score (nSPS) is 19.4. The van der Waals surface area contributed by atoms with Crippen LogP contribution in [0.2, 0.25) is 0 Å². The third-order valence-corrected chi connectivity index (χ3v) is 2.86. The first-order chi connectivity index (χ1) is 7.77. The number of β-amino-alcohol motifs (C(OH)–C–C–N with tert-alkyl or cyclic N) is 1. The van der Waals surface area contributed by atoms with Gasteiger partial charge >= 0.3 is 0 Å². The van der Waals surface area contributed by atoms with E-state index in [-0.39, 0.29) is 6.61 Å². The number of rotatable bonds is 4. The van der Waals surface area contributed by atoms with Gasteiger partial charge in [-0.05, 0) is 11.1 Å². The van der Waals surface area contributed by atoms with E-state index in [1.807, 2.05) is 29.2 Å². The van der Waals surface area contributed by atoms with Crippen LogP contribution in [-0.4, -0.2) is 35.2 Å². The average Bonchev–Trinajstić information content (AvgIpc) is 2.66. The number of aliphatic hydroxyl groups excluding tert-OH is 1. The van der Waals surface area contributed by atoms with Crippen molar-refractivity contribution in [2.75, 3.05) is 13.2 Å². The largest absolute Gasteiger partial charge is 0.395 e. The summed E-state index contributed by atoms with van der Waals surface area (Å²) in [5.74, 6) is -0.446. The van der Waals surface area contributed by atoms with Crippen LogP contribution in [0.25, 0.3) is 0 Å². The Balaban J connectivity index is 2.35. The number of aliphatic hydroxyl groups is 1. The molecule has 1 atom stereocenters. The maximum Gasteiger partial charge on any atom is 0.216 e. The summed E-state index contributed by atoms with van der Waals surface area (Å²) < 4.78 is 0. The standard InChI is InChI=1S/C12H13NO3/c14-6-5-13-7-9-3-1-2-4-10(9)12(13)11(16)8-15/h1-4,8,12,14H,5-7H2. The van der Waals surface area contributed by atoms with Crippen molar-refractivity contribution >= 4 is 12.1 Å². The molecule has 1 heterocycles. The lowest BCUT2D eigenvalue weighted by Crippen LogP contribution is -2.31. The van der Waals surface area contributed by atoms with Gasteiger partial charge in [0.05, 0.1) is 6.61 Å². The maximum absolute atomic E-state index is 11.6. The molecule has 0 fully saturated rings. The minimum Gasteiger partial charge on any atom is -0.395 e. The monoisotopic (exact) mass is 219 g/mol. The van der Waals surface area contributed by atoms with E-state index >= 15 is 0 Å². The highest BCUT2D eigenvalue weighted by atomic mass is 16.3. The predicted molar refractivity (Wildman–Crippen MR) is 57.7 cm³/mol. The highest BCUT2D eigenvalue weighted by Crippen LogP contribution is 2.33. The topological polar surface area (TPSA) is 57.6 Å². The van der Waals surface area contributed by atoms with Crippen LogP contribution < -0.4 is 0 Å². The number of hydrogen-bond acceptors (Lipinski definition) is 4. The fraction of sp³-hybridized carbons (Fsp3) is 0.333. The molecular formula is C12H13NO3. The number of benzene rings is 1. The van der Waals surface area contributed by atoms with Crippen molar-refractivity contribution in [2.24, 2.45) is 0 Å². The van der Waals surface area contributed by atoms with Gasteiger partial charge in [-0.25, -0.2) is 0 Å². The second-order valence-electron chi connectivity index (χ2n) is 3.82. The van der Waals surface area contributed by atoms with E-state index in [0.717, 1.165) is 11.1 Å². The lowest BCUT2D eigenvalue weighted by molar-refractivity contribution is -0.133.